The lowest BCUT2D eigenvalue weighted by Crippen LogP contribution is -2.47. The summed E-state index contributed by atoms with van der Waals surface area (Å²) in [4.78, 5) is 16.6. The van der Waals surface area contributed by atoms with E-state index < -0.39 is 0 Å². The number of urea groups is 1. The molecule has 2 N–H and O–H groups in total. The van der Waals surface area contributed by atoms with E-state index in [1.165, 1.54) is 5.69 Å². The average molecular weight is 367 g/mol. The van der Waals surface area contributed by atoms with Crippen molar-refractivity contribution in [1.29, 1.82) is 0 Å². The van der Waals surface area contributed by atoms with E-state index >= 15 is 0 Å². The van der Waals surface area contributed by atoms with Crippen LogP contribution in [0.2, 0.25) is 5.02 Å². The summed E-state index contributed by atoms with van der Waals surface area (Å²) in [6.07, 6.45) is 1.09. The van der Waals surface area contributed by atoms with Gasteiger partial charge in [-0.25, -0.2) is 4.79 Å². The van der Waals surface area contributed by atoms with Gasteiger partial charge in [0.1, 0.15) is 0 Å². The number of carbonyl (C=O) groups excluding carboxylic acids is 1. The fourth-order valence-corrected chi connectivity index (χ4v) is 3.52. The third kappa shape index (κ3) is 6.08. The van der Waals surface area contributed by atoms with Crippen LogP contribution in [0, 0.1) is 11.8 Å². The van der Waals surface area contributed by atoms with E-state index in [1.807, 2.05) is 26.2 Å². The van der Waals surface area contributed by atoms with Crippen LogP contribution in [0.1, 0.15) is 20.3 Å². The van der Waals surface area contributed by atoms with Crippen LogP contribution in [0.5, 0.6) is 0 Å². The van der Waals surface area contributed by atoms with Gasteiger partial charge in [0, 0.05) is 42.9 Å². The van der Waals surface area contributed by atoms with E-state index in [-0.39, 0.29) is 6.03 Å². The lowest BCUT2D eigenvalue weighted by Gasteiger charge is -2.28. The van der Waals surface area contributed by atoms with Crippen molar-refractivity contribution in [3.63, 3.8) is 0 Å². The maximum atomic E-state index is 12.1. The van der Waals surface area contributed by atoms with Crippen molar-refractivity contribution in [2.45, 2.75) is 26.3 Å². The Morgan fingerprint density at radius 1 is 1.28 bits per heavy atom. The van der Waals surface area contributed by atoms with E-state index in [0.29, 0.717) is 31.0 Å². The van der Waals surface area contributed by atoms with Crippen LogP contribution in [-0.2, 0) is 0 Å². The molecular formula is C19H31ClN4O. The maximum absolute atomic E-state index is 12.1. The molecule has 1 aromatic carbocycles. The molecule has 0 unspecified atom stereocenters. The minimum Gasteiger partial charge on any atom is -0.371 e. The first-order chi connectivity index (χ1) is 11.9. The second kappa shape index (κ2) is 9.30. The van der Waals surface area contributed by atoms with Crippen molar-refractivity contribution in [2.75, 3.05) is 45.2 Å². The lowest BCUT2D eigenvalue weighted by molar-refractivity contribution is 0.212. The van der Waals surface area contributed by atoms with Gasteiger partial charge in [-0.15, -0.1) is 0 Å². The highest BCUT2D eigenvalue weighted by Crippen LogP contribution is 2.24. The highest BCUT2D eigenvalue weighted by Gasteiger charge is 2.23. The average Bonchev–Trinajstić information content (AvgIpc) is 3.02. The van der Waals surface area contributed by atoms with Crippen LogP contribution in [0.25, 0.3) is 0 Å². The first-order valence-corrected chi connectivity index (χ1v) is 9.43. The molecule has 0 bridgehead atoms. The quantitative estimate of drug-likeness (QED) is 0.779. The molecule has 140 valence electrons. The van der Waals surface area contributed by atoms with Crippen molar-refractivity contribution in [3.05, 3.63) is 29.3 Å². The summed E-state index contributed by atoms with van der Waals surface area (Å²) in [6, 6.07) is 8.23. The topological polar surface area (TPSA) is 47.6 Å². The number of benzene rings is 1. The van der Waals surface area contributed by atoms with Gasteiger partial charge in [-0.05, 0) is 56.6 Å². The Hall–Kier alpha value is -1.46. The van der Waals surface area contributed by atoms with Crippen LogP contribution >= 0.6 is 11.6 Å². The third-order valence-electron chi connectivity index (χ3n) is 4.93. The van der Waals surface area contributed by atoms with Crippen LogP contribution in [0.15, 0.2) is 24.3 Å². The Labute approximate surface area is 156 Å². The molecule has 0 aliphatic carbocycles. The molecule has 0 saturated carbocycles. The zero-order valence-electron chi connectivity index (χ0n) is 15.8. The van der Waals surface area contributed by atoms with Crippen molar-refractivity contribution >= 4 is 23.3 Å². The van der Waals surface area contributed by atoms with Crippen molar-refractivity contribution in [1.82, 2.24) is 15.5 Å². The molecule has 1 aliphatic rings. The van der Waals surface area contributed by atoms with Gasteiger partial charge < -0.3 is 20.4 Å². The number of nitrogens with zero attached hydrogens (tertiary/aromatic N) is 2. The summed E-state index contributed by atoms with van der Waals surface area (Å²) in [7, 11) is 4.10. The SMILES string of the molecule is CC(C)[C@H](CNC(=O)NC[C@@H]1CCN(c2ccc(Cl)cc2)C1)N(C)C. The van der Waals surface area contributed by atoms with Gasteiger partial charge in [0.2, 0.25) is 0 Å². The van der Waals surface area contributed by atoms with E-state index in [2.05, 4.69) is 46.4 Å². The summed E-state index contributed by atoms with van der Waals surface area (Å²) in [5.41, 5.74) is 1.20. The molecule has 0 aromatic heterocycles. The molecular weight excluding hydrogens is 336 g/mol. The summed E-state index contributed by atoms with van der Waals surface area (Å²) < 4.78 is 0. The fraction of sp³-hybridized carbons (Fsp3) is 0.632. The van der Waals surface area contributed by atoms with Gasteiger partial charge in [0.05, 0.1) is 0 Å². The van der Waals surface area contributed by atoms with Crippen molar-refractivity contribution in [3.8, 4) is 0 Å². The highest BCUT2D eigenvalue weighted by atomic mass is 35.5. The molecule has 25 heavy (non-hydrogen) atoms. The van der Waals surface area contributed by atoms with Gasteiger partial charge in [0.15, 0.2) is 0 Å². The molecule has 6 heteroatoms. The number of carbonyl (C=O) groups is 1. The molecule has 2 atom stereocenters. The fourth-order valence-electron chi connectivity index (χ4n) is 3.40. The molecule has 2 amide bonds. The van der Waals surface area contributed by atoms with Gasteiger partial charge in [-0.2, -0.15) is 0 Å². The normalized spacial score (nSPS) is 18.7. The van der Waals surface area contributed by atoms with Crippen molar-refractivity contribution in [2.24, 2.45) is 11.8 Å². The number of nitrogens with one attached hydrogen (secondary N) is 2. The summed E-state index contributed by atoms with van der Waals surface area (Å²) in [5, 5.41) is 6.78. The third-order valence-corrected chi connectivity index (χ3v) is 5.19. The number of halogens is 1. The summed E-state index contributed by atoms with van der Waals surface area (Å²) in [5.74, 6) is 0.981. The van der Waals surface area contributed by atoms with Gasteiger partial charge in [-0.1, -0.05) is 25.4 Å². The minimum absolute atomic E-state index is 0.0718. The van der Waals surface area contributed by atoms with Crippen LogP contribution in [0.3, 0.4) is 0 Å². The molecule has 1 fully saturated rings. The number of anilines is 1. The number of likely N-dealkylation sites (N-methyl/N-ethyl adjacent to an activating group) is 1. The Morgan fingerprint density at radius 3 is 2.56 bits per heavy atom. The standard InChI is InChI=1S/C19H31ClN4O/c1-14(2)18(23(3)4)12-22-19(25)21-11-15-9-10-24(13-15)17-7-5-16(20)6-8-17/h5-8,14-15,18H,9-13H2,1-4H3,(H2,21,22,25)/t15-,18-/m0/s1. The predicted octanol–water partition coefficient (Wildman–Crippen LogP) is 3.05. The molecule has 1 aromatic rings. The number of amides is 2. The number of rotatable bonds is 7. The molecule has 1 aliphatic heterocycles. The monoisotopic (exact) mass is 366 g/mol. The predicted molar refractivity (Wildman–Crippen MR) is 105 cm³/mol. The zero-order valence-corrected chi connectivity index (χ0v) is 16.5. The van der Waals surface area contributed by atoms with E-state index in [9.17, 15) is 4.79 Å². The molecule has 1 saturated heterocycles. The minimum atomic E-state index is -0.0718. The molecule has 5 nitrogen and oxygen atoms in total. The van der Waals surface area contributed by atoms with Crippen LogP contribution in [0.4, 0.5) is 10.5 Å². The summed E-state index contributed by atoms with van der Waals surface area (Å²) in [6.45, 7) is 7.71. The summed E-state index contributed by atoms with van der Waals surface area (Å²) >= 11 is 5.95. The highest BCUT2D eigenvalue weighted by molar-refractivity contribution is 6.30. The largest absolute Gasteiger partial charge is 0.371 e. The first-order valence-electron chi connectivity index (χ1n) is 9.05. The molecule has 0 radical (unpaired) electrons. The smallest absolute Gasteiger partial charge is 0.314 e. The Kier molecular flexibility index (Phi) is 7.38. The second-order valence-corrected chi connectivity index (χ2v) is 7.88. The zero-order chi connectivity index (χ0) is 18.4. The van der Waals surface area contributed by atoms with E-state index in [0.717, 1.165) is 24.5 Å². The second-order valence-electron chi connectivity index (χ2n) is 7.44. The van der Waals surface area contributed by atoms with E-state index in [4.69, 9.17) is 11.6 Å². The van der Waals surface area contributed by atoms with Crippen LogP contribution < -0.4 is 15.5 Å². The lowest BCUT2D eigenvalue weighted by atomic mass is 10.0. The molecule has 0 spiro atoms. The number of hydrogen-bond acceptors (Lipinski definition) is 3. The van der Waals surface area contributed by atoms with Gasteiger partial charge in [0.25, 0.3) is 0 Å². The number of hydrogen-bond donors (Lipinski definition) is 2. The maximum Gasteiger partial charge on any atom is 0.314 e. The molecule has 1 heterocycles. The first kappa shape index (κ1) is 19.9. The van der Waals surface area contributed by atoms with Gasteiger partial charge >= 0.3 is 6.03 Å². The van der Waals surface area contributed by atoms with E-state index in [1.54, 1.807) is 0 Å². The Bertz CT molecular complexity index is 539. The Morgan fingerprint density at radius 2 is 1.96 bits per heavy atom. The van der Waals surface area contributed by atoms with Crippen LogP contribution in [-0.4, -0.2) is 57.2 Å². The van der Waals surface area contributed by atoms with Gasteiger partial charge in [-0.3, -0.25) is 0 Å². The Balaban J connectivity index is 1.71. The van der Waals surface area contributed by atoms with Crippen molar-refractivity contribution < 1.29 is 4.79 Å². The molecule has 2 rings (SSSR count).